The molecule has 0 aliphatic carbocycles. The summed E-state index contributed by atoms with van der Waals surface area (Å²) in [5, 5.41) is 10.3. The highest BCUT2D eigenvalue weighted by atomic mass is 16.5. The number of hydrogen-bond donors (Lipinski definition) is 1. The summed E-state index contributed by atoms with van der Waals surface area (Å²) in [5.41, 5.74) is 2.31. The molecule has 3 atom stereocenters. The highest BCUT2D eigenvalue weighted by Crippen LogP contribution is 2.30. The summed E-state index contributed by atoms with van der Waals surface area (Å²) < 4.78 is 11.4. The van der Waals surface area contributed by atoms with E-state index in [0.29, 0.717) is 32.7 Å². The molecule has 0 bridgehead atoms. The van der Waals surface area contributed by atoms with Crippen LogP contribution in [0.1, 0.15) is 36.8 Å². The molecule has 2 saturated heterocycles. The van der Waals surface area contributed by atoms with Gasteiger partial charge in [-0.3, -0.25) is 4.79 Å². The SMILES string of the molecule is Cc1cccc(OCCC(=O)N2CCC[C@@H]2[C@H]2COCC[C@@H]2O)c1C. The molecule has 1 amide bonds. The largest absolute Gasteiger partial charge is 0.493 e. The third-order valence-electron chi connectivity index (χ3n) is 5.60. The van der Waals surface area contributed by atoms with E-state index in [1.165, 1.54) is 5.56 Å². The van der Waals surface area contributed by atoms with E-state index in [1.807, 2.05) is 24.0 Å². The fourth-order valence-electron chi connectivity index (χ4n) is 3.94. The van der Waals surface area contributed by atoms with Crippen molar-refractivity contribution in [1.82, 2.24) is 4.90 Å². The number of aryl methyl sites for hydroxylation is 1. The molecule has 2 fully saturated rings. The van der Waals surface area contributed by atoms with Crippen LogP contribution in [-0.4, -0.2) is 54.4 Å². The number of amides is 1. The topological polar surface area (TPSA) is 59.0 Å². The first-order chi connectivity index (χ1) is 12.1. The van der Waals surface area contributed by atoms with Gasteiger partial charge in [0.25, 0.3) is 0 Å². The third-order valence-corrected chi connectivity index (χ3v) is 5.60. The van der Waals surface area contributed by atoms with Gasteiger partial charge in [-0.05, 0) is 50.3 Å². The number of carbonyl (C=O) groups is 1. The van der Waals surface area contributed by atoms with Crippen LogP contribution in [0.25, 0.3) is 0 Å². The van der Waals surface area contributed by atoms with E-state index in [9.17, 15) is 9.90 Å². The number of ether oxygens (including phenoxy) is 2. The molecular formula is C20H29NO4. The minimum atomic E-state index is -0.363. The van der Waals surface area contributed by atoms with Gasteiger partial charge in [0.15, 0.2) is 0 Å². The quantitative estimate of drug-likeness (QED) is 0.889. The van der Waals surface area contributed by atoms with Gasteiger partial charge in [0.05, 0.1) is 25.7 Å². The summed E-state index contributed by atoms with van der Waals surface area (Å²) in [6, 6.07) is 6.07. The van der Waals surface area contributed by atoms with Crippen molar-refractivity contribution in [2.24, 2.45) is 5.92 Å². The molecule has 25 heavy (non-hydrogen) atoms. The summed E-state index contributed by atoms with van der Waals surface area (Å²) in [5.74, 6) is 1.01. The Bertz CT molecular complexity index is 603. The van der Waals surface area contributed by atoms with Crippen molar-refractivity contribution in [2.75, 3.05) is 26.4 Å². The van der Waals surface area contributed by atoms with Crippen LogP contribution in [0.4, 0.5) is 0 Å². The zero-order valence-corrected chi connectivity index (χ0v) is 15.2. The fraction of sp³-hybridized carbons (Fsp3) is 0.650. The molecular weight excluding hydrogens is 318 g/mol. The monoisotopic (exact) mass is 347 g/mol. The number of hydrogen-bond acceptors (Lipinski definition) is 4. The molecule has 1 aromatic carbocycles. The Hall–Kier alpha value is -1.59. The van der Waals surface area contributed by atoms with Crippen LogP contribution >= 0.6 is 0 Å². The minimum Gasteiger partial charge on any atom is -0.493 e. The molecule has 5 nitrogen and oxygen atoms in total. The van der Waals surface area contributed by atoms with Crippen LogP contribution in [0.5, 0.6) is 5.75 Å². The summed E-state index contributed by atoms with van der Waals surface area (Å²) in [4.78, 5) is 14.6. The van der Waals surface area contributed by atoms with Crippen LogP contribution in [0.15, 0.2) is 18.2 Å². The zero-order chi connectivity index (χ0) is 17.8. The van der Waals surface area contributed by atoms with Crippen LogP contribution in [0.3, 0.4) is 0 Å². The van der Waals surface area contributed by atoms with Gasteiger partial charge in [-0.2, -0.15) is 0 Å². The summed E-state index contributed by atoms with van der Waals surface area (Å²) in [6.07, 6.45) is 2.62. The van der Waals surface area contributed by atoms with Gasteiger partial charge in [-0.1, -0.05) is 12.1 Å². The molecule has 138 valence electrons. The lowest BCUT2D eigenvalue weighted by atomic mass is 9.89. The van der Waals surface area contributed by atoms with Crippen LogP contribution in [0, 0.1) is 19.8 Å². The van der Waals surface area contributed by atoms with Crippen LogP contribution < -0.4 is 4.74 Å². The van der Waals surface area contributed by atoms with E-state index in [2.05, 4.69) is 13.0 Å². The molecule has 2 aliphatic rings. The number of carbonyl (C=O) groups excluding carboxylic acids is 1. The molecule has 5 heteroatoms. The summed E-state index contributed by atoms with van der Waals surface area (Å²) in [7, 11) is 0. The van der Waals surface area contributed by atoms with E-state index in [0.717, 1.165) is 30.7 Å². The van der Waals surface area contributed by atoms with E-state index in [4.69, 9.17) is 9.47 Å². The number of rotatable bonds is 5. The molecule has 0 radical (unpaired) electrons. The Morgan fingerprint density at radius 2 is 2.20 bits per heavy atom. The van der Waals surface area contributed by atoms with E-state index in [-0.39, 0.29) is 24.0 Å². The Morgan fingerprint density at radius 3 is 3.00 bits per heavy atom. The predicted octanol–water partition coefficient (Wildman–Crippen LogP) is 2.46. The van der Waals surface area contributed by atoms with Crippen molar-refractivity contribution < 1.29 is 19.4 Å². The maximum absolute atomic E-state index is 12.7. The van der Waals surface area contributed by atoms with Crippen molar-refractivity contribution >= 4 is 5.91 Å². The first kappa shape index (κ1) is 18.2. The second-order valence-electron chi connectivity index (χ2n) is 7.19. The number of aliphatic hydroxyl groups is 1. The Balaban J connectivity index is 1.54. The lowest BCUT2D eigenvalue weighted by Crippen LogP contribution is -2.48. The number of benzene rings is 1. The van der Waals surface area contributed by atoms with Gasteiger partial charge in [-0.25, -0.2) is 0 Å². The van der Waals surface area contributed by atoms with Crippen molar-refractivity contribution in [3.63, 3.8) is 0 Å². The summed E-state index contributed by atoms with van der Waals surface area (Å²) in [6.45, 7) is 6.41. The predicted molar refractivity (Wildman–Crippen MR) is 95.7 cm³/mol. The molecule has 1 N–H and O–H groups in total. The van der Waals surface area contributed by atoms with Crippen LogP contribution in [-0.2, 0) is 9.53 Å². The van der Waals surface area contributed by atoms with Gasteiger partial charge >= 0.3 is 0 Å². The van der Waals surface area contributed by atoms with Gasteiger partial charge in [0.2, 0.25) is 5.91 Å². The molecule has 0 spiro atoms. The molecule has 2 heterocycles. The number of aliphatic hydroxyl groups excluding tert-OH is 1. The molecule has 0 saturated carbocycles. The molecule has 3 rings (SSSR count). The van der Waals surface area contributed by atoms with E-state index >= 15 is 0 Å². The Morgan fingerprint density at radius 1 is 1.36 bits per heavy atom. The zero-order valence-electron chi connectivity index (χ0n) is 15.2. The lowest BCUT2D eigenvalue weighted by Gasteiger charge is -2.37. The highest BCUT2D eigenvalue weighted by Gasteiger charge is 2.39. The van der Waals surface area contributed by atoms with Gasteiger partial charge < -0.3 is 19.5 Å². The second kappa shape index (κ2) is 8.19. The van der Waals surface area contributed by atoms with Crippen molar-refractivity contribution in [3.8, 4) is 5.75 Å². The minimum absolute atomic E-state index is 0.0418. The maximum atomic E-state index is 12.7. The van der Waals surface area contributed by atoms with Gasteiger partial charge in [0, 0.05) is 25.1 Å². The van der Waals surface area contributed by atoms with Crippen molar-refractivity contribution in [1.29, 1.82) is 0 Å². The molecule has 2 aliphatic heterocycles. The standard InChI is InChI=1S/C20H29NO4/c1-14-5-3-7-19(15(14)2)25-12-9-20(23)21-10-4-6-17(21)16-13-24-11-8-18(16)22/h3,5,7,16-18,22H,4,6,8-13H2,1-2H3/t16-,17-,18+/m1/s1. The first-order valence-corrected chi connectivity index (χ1v) is 9.32. The number of likely N-dealkylation sites (tertiary alicyclic amines) is 1. The van der Waals surface area contributed by atoms with Gasteiger partial charge in [-0.15, -0.1) is 0 Å². The molecule has 1 aromatic rings. The average Bonchev–Trinajstić information content (AvgIpc) is 3.08. The first-order valence-electron chi connectivity index (χ1n) is 9.32. The van der Waals surface area contributed by atoms with E-state index < -0.39 is 0 Å². The molecule has 0 aromatic heterocycles. The maximum Gasteiger partial charge on any atom is 0.226 e. The Labute approximate surface area is 149 Å². The van der Waals surface area contributed by atoms with Crippen LogP contribution in [0.2, 0.25) is 0 Å². The highest BCUT2D eigenvalue weighted by molar-refractivity contribution is 5.77. The second-order valence-corrected chi connectivity index (χ2v) is 7.19. The molecule has 0 unspecified atom stereocenters. The van der Waals surface area contributed by atoms with Crippen molar-refractivity contribution in [3.05, 3.63) is 29.3 Å². The van der Waals surface area contributed by atoms with Crippen molar-refractivity contribution in [2.45, 2.75) is 51.7 Å². The number of nitrogens with zero attached hydrogens (tertiary/aromatic N) is 1. The van der Waals surface area contributed by atoms with Gasteiger partial charge in [0.1, 0.15) is 5.75 Å². The average molecular weight is 347 g/mol. The van der Waals surface area contributed by atoms with E-state index in [1.54, 1.807) is 0 Å². The normalized spacial score (nSPS) is 26.7. The lowest BCUT2D eigenvalue weighted by molar-refractivity contribution is -0.136. The third kappa shape index (κ3) is 4.15. The smallest absolute Gasteiger partial charge is 0.226 e. The summed E-state index contributed by atoms with van der Waals surface area (Å²) >= 11 is 0. The fourth-order valence-corrected chi connectivity index (χ4v) is 3.94. The Kier molecular flexibility index (Phi) is 5.97.